The van der Waals surface area contributed by atoms with Crippen molar-refractivity contribution in [2.75, 3.05) is 0 Å². The average molecular weight is 230 g/mol. The molecule has 0 fully saturated rings. The molecule has 90 valence electrons. The Kier molecular flexibility index (Phi) is 5.20. The van der Waals surface area contributed by atoms with Gasteiger partial charge in [-0.3, -0.25) is 19.9 Å². The summed E-state index contributed by atoms with van der Waals surface area (Å²) in [5.41, 5.74) is 4.09. The summed E-state index contributed by atoms with van der Waals surface area (Å²) in [6, 6.07) is 0. The average Bonchev–Trinajstić information content (AvgIpc) is 2.30. The second-order valence-corrected chi connectivity index (χ2v) is 3.74. The van der Waals surface area contributed by atoms with E-state index < -0.39 is 0 Å². The van der Waals surface area contributed by atoms with Crippen molar-refractivity contribution in [3.8, 4) is 0 Å². The van der Waals surface area contributed by atoms with Crippen molar-refractivity contribution in [2.24, 2.45) is 0 Å². The largest absolute Gasteiger partial charge is 0.261 e. The molecule has 17 heavy (non-hydrogen) atoms. The molecular formula is C13H18N4. The van der Waals surface area contributed by atoms with Crippen LogP contribution in [0.4, 0.5) is 0 Å². The summed E-state index contributed by atoms with van der Waals surface area (Å²) < 4.78 is 0. The molecule has 0 spiro atoms. The lowest BCUT2D eigenvalue weighted by atomic mass is 10.3. The minimum Gasteiger partial charge on any atom is -0.261 e. The molecule has 0 N–H and O–H groups in total. The molecule has 0 saturated carbocycles. The topological polar surface area (TPSA) is 51.6 Å². The van der Waals surface area contributed by atoms with Crippen molar-refractivity contribution in [3.05, 3.63) is 47.6 Å². The first-order valence-electron chi connectivity index (χ1n) is 5.65. The van der Waals surface area contributed by atoms with Crippen LogP contribution in [0.25, 0.3) is 0 Å². The van der Waals surface area contributed by atoms with E-state index in [2.05, 4.69) is 26.9 Å². The Hall–Kier alpha value is -1.84. The molecule has 2 rings (SSSR count). The predicted octanol–water partition coefficient (Wildman–Crippen LogP) is 2.44. The normalized spacial score (nSPS) is 9.41. The third-order valence-corrected chi connectivity index (χ3v) is 2.19. The minimum absolute atomic E-state index is 0.972. The van der Waals surface area contributed by atoms with Gasteiger partial charge in [0.05, 0.1) is 22.8 Å². The van der Waals surface area contributed by atoms with Crippen LogP contribution in [0.5, 0.6) is 0 Å². The summed E-state index contributed by atoms with van der Waals surface area (Å²) in [5, 5.41) is 0. The van der Waals surface area contributed by atoms with Crippen LogP contribution >= 0.6 is 0 Å². The second-order valence-electron chi connectivity index (χ2n) is 3.74. The summed E-state index contributed by atoms with van der Waals surface area (Å²) in [6.07, 6.45) is 7.90. The molecule has 2 heterocycles. The maximum absolute atomic E-state index is 4.13. The van der Waals surface area contributed by atoms with E-state index in [1.54, 1.807) is 24.8 Å². The van der Waals surface area contributed by atoms with E-state index in [9.17, 15) is 0 Å². The van der Waals surface area contributed by atoms with Crippen LogP contribution in [-0.2, 0) is 6.42 Å². The van der Waals surface area contributed by atoms with E-state index >= 15 is 0 Å². The van der Waals surface area contributed by atoms with E-state index in [4.69, 9.17) is 0 Å². The van der Waals surface area contributed by atoms with Crippen LogP contribution in [0, 0.1) is 20.8 Å². The molecule has 0 bridgehead atoms. The van der Waals surface area contributed by atoms with Crippen molar-refractivity contribution in [1.82, 2.24) is 19.9 Å². The van der Waals surface area contributed by atoms with E-state index in [0.717, 1.165) is 29.2 Å². The Balaban J connectivity index is 0.000000171. The lowest BCUT2D eigenvalue weighted by molar-refractivity contribution is 0.957. The number of hydrogen-bond acceptors (Lipinski definition) is 4. The highest BCUT2D eigenvalue weighted by Crippen LogP contribution is 1.98. The molecule has 0 unspecified atom stereocenters. The fourth-order valence-electron chi connectivity index (χ4n) is 1.37. The van der Waals surface area contributed by atoms with Gasteiger partial charge in [-0.05, 0) is 27.2 Å². The molecule has 4 heteroatoms. The van der Waals surface area contributed by atoms with Crippen molar-refractivity contribution in [2.45, 2.75) is 34.1 Å². The van der Waals surface area contributed by atoms with Crippen LogP contribution < -0.4 is 0 Å². The highest BCUT2D eigenvalue weighted by molar-refractivity contribution is 5.07. The van der Waals surface area contributed by atoms with Crippen LogP contribution in [0.15, 0.2) is 24.8 Å². The first kappa shape index (κ1) is 13.2. The molecule has 0 aliphatic heterocycles. The van der Waals surface area contributed by atoms with Crippen LogP contribution in [0.2, 0.25) is 0 Å². The van der Waals surface area contributed by atoms with Gasteiger partial charge in [0, 0.05) is 24.8 Å². The summed E-state index contributed by atoms with van der Waals surface area (Å²) in [7, 11) is 0. The van der Waals surface area contributed by atoms with Crippen molar-refractivity contribution >= 4 is 0 Å². The Labute approximate surface area is 102 Å². The molecule has 4 nitrogen and oxygen atoms in total. The number of hydrogen-bond donors (Lipinski definition) is 0. The molecule has 2 aromatic rings. The zero-order valence-corrected chi connectivity index (χ0v) is 10.8. The Bertz CT molecular complexity index is 451. The summed E-state index contributed by atoms with van der Waals surface area (Å²) in [4.78, 5) is 16.3. The van der Waals surface area contributed by atoms with E-state index in [1.807, 2.05) is 20.8 Å². The van der Waals surface area contributed by atoms with Crippen molar-refractivity contribution in [1.29, 1.82) is 0 Å². The van der Waals surface area contributed by atoms with Crippen molar-refractivity contribution in [3.63, 3.8) is 0 Å². The standard InChI is InChI=1S/C7H10N2.C6H8N2/c1-3-7-6(2)8-4-5-9-7;1-5-3-7-4-6(2)8-5/h4-5H,3H2,1-2H3;3-4H,1-2H3. The number of aryl methyl sites for hydroxylation is 4. The maximum Gasteiger partial charge on any atom is 0.0613 e. The van der Waals surface area contributed by atoms with Gasteiger partial charge in [-0.1, -0.05) is 6.92 Å². The van der Waals surface area contributed by atoms with Gasteiger partial charge in [0.25, 0.3) is 0 Å². The SMILES string of the molecule is CCc1nccnc1C.Cc1cncc(C)n1. The molecule has 0 aromatic carbocycles. The summed E-state index contributed by atoms with van der Waals surface area (Å²) in [5.74, 6) is 0. The van der Waals surface area contributed by atoms with Gasteiger partial charge in [-0.25, -0.2) is 0 Å². The smallest absolute Gasteiger partial charge is 0.0613 e. The fourth-order valence-corrected chi connectivity index (χ4v) is 1.37. The fraction of sp³-hybridized carbons (Fsp3) is 0.385. The van der Waals surface area contributed by atoms with Gasteiger partial charge in [-0.2, -0.15) is 0 Å². The first-order chi connectivity index (χ1) is 8.13. The lowest BCUT2D eigenvalue weighted by Crippen LogP contribution is -1.92. The second kappa shape index (κ2) is 6.68. The van der Waals surface area contributed by atoms with Crippen LogP contribution in [0.3, 0.4) is 0 Å². The summed E-state index contributed by atoms with van der Waals surface area (Å²) >= 11 is 0. The van der Waals surface area contributed by atoms with Crippen molar-refractivity contribution < 1.29 is 0 Å². The van der Waals surface area contributed by atoms with Gasteiger partial charge < -0.3 is 0 Å². The predicted molar refractivity (Wildman–Crippen MR) is 67.7 cm³/mol. The zero-order chi connectivity index (χ0) is 12.7. The number of nitrogens with zero attached hydrogens (tertiary/aromatic N) is 4. The maximum atomic E-state index is 4.13. The van der Waals surface area contributed by atoms with Gasteiger partial charge >= 0.3 is 0 Å². The van der Waals surface area contributed by atoms with E-state index in [-0.39, 0.29) is 0 Å². The molecule has 0 saturated heterocycles. The van der Waals surface area contributed by atoms with Crippen LogP contribution in [0.1, 0.15) is 29.7 Å². The lowest BCUT2D eigenvalue weighted by Gasteiger charge is -1.96. The molecule has 0 atom stereocenters. The highest BCUT2D eigenvalue weighted by Gasteiger charge is 1.93. The Morgan fingerprint density at radius 2 is 1.53 bits per heavy atom. The quantitative estimate of drug-likeness (QED) is 0.755. The number of aromatic nitrogens is 4. The molecule has 0 radical (unpaired) electrons. The van der Waals surface area contributed by atoms with Gasteiger partial charge in [0.15, 0.2) is 0 Å². The molecule has 2 aromatic heterocycles. The third kappa shape index (κ3) is 4.68. The molecular weight excluding hydrogens is 212 g/mol. The minimum atomic E-state index is 0.972. The Morgan fingerprint density at radius 1 is 0.941 bits per heavy atom. The summed E-state index contributed by atoms with van der Waals surface area (Å²) in [6.45, 7) is 7.92. The number of rotatable bonds is 1. The first-order valence-corrected chi connectivity index (χ1v) is 5.65. The van der Waals surface area contributed by atoms with Gasteiger partial charge in [-0.15, -0.1) is 0 Å². The van der Waals surface area contributed by atoms with Gasteiger partial charge in [0.2, 0.25) is 0 Å². The molecule has 0 aliphatic rings. The monoisotopic (exact) mass is 230 g/mol. The van der Waals surface area contributed by atoms with E-state index in [0.29, 0.717) is 0 Å². The third-order valence-electron chi connectivity index (χ3n) is 2.19. The zero-order valence-electron chi connectivity index (χ0n) is 10.8. The van der Waals surface area contributed by atoms with E-state index in [1.165, 1.54) is 0 Å². The Morgan fingerprint density at radius 3 is 1.88 bits per heavy atom. The highest BCUT2D eigenvalue weighted by atomic mass is 14.8. The van der Waals surface area contributed by atoms with Gasteiger partial charge in [0.1, 0.15) is 0 Å². The van der Waals surface area contributed by atoms with Crippen LogP contribution in [-0.4, -0.2) is 19.9 Å². The molecule has 0 amide bonds. The molecule has 0 aliphatic carbocycles.